The van der Waals surface area contributed by atoms with Crippen LogP contribution in [0.15, 0.2) is 24.3 Å². The summed E-state index contributed by atoms with van der Waals surface area (Å²) in [6, 6.07) is 7.92. The number of halogens is 2. The molecule has 0 saturated carbocycles. The summed E-state index contributed by atoms with van der Waals surface area (Å²) in [5.74, 6) is 0.977. The van der Waals surface area contributed by atoms with Crippen molar-refractivity contribution in [3.63, 3.8) is 0 Å². The summed E-state index contributed by atoms with van der Waals surface area (Å²) in [7, 11) is 1.99. The molecule has 5 nitrogen and oxygen atoms in total. The number of nitrogens with zero attached hydrogens (tertiary/aromatic N) is 2. The molecule has 1 aromatic heterocycles. The van der Waals surface area contributed by atoms with Crippen LogP contribution in [0.4, 0.5) is 0 Å². The maximum atomic E-state index is 12.0. The molecular formula is C17H28Cl2N4O. The topological polar surface area (TPSA) is 72.9 Å². The monoisotopic (exact) mass is 374 g/mol. The van der Waals surface area contributed by atoms with Crippen LogP contribution in [-0.2, 0) is 11.8 Å². The molecule has 0 radical (unpaired) electrons. The van der Waals surface area contributed by atoms with Gasteiger partial charge in [0.2, 0.25) is 5.91 Å². The van der Waals surface area contributed by atoms with Crippen LogP contribution in [0.25, 0.3) is 11.0 Å². The number of aryl methyl sites for hydroxylation is 1. The Morgan fingerprint density at radius 1 is 1.21 bits per heavy atom. The van der Waals surface area contributed by atoms with E-state index in [0.717, 1.165) is 49.1 Å². The lowest BCUT2D eigenvalue weighted by atomic mass is 10.1. The predicted octanol–water partition coefficient (Wildman–Crippen LogP) is 3.50. The van der Waals surface area contributed by atoms with Crippen LogP contribution < -0.4 is 11.1 Å². The number of carbonyl (C=O) groups excluding carboxylic acids is 1. The average Bonchev–Trinajstić information content (AvgIpc) is 2.85. The Kier molecular flexibility index (Phi) is 10.7. The van der Waals surface area contributed by atoms with Crippen molar-refractivity contribution in [3.8, 4) is 0 Å². The summed E-state index contributed by atoms with van der Waals surface area (Å²) < 4.78 is 2.04. The van der Waals surface area contributed by atoms with Gasteiger partial charge in [-0.05, 0) is 38.4 Å². The number of nitrogens with one attached hydrogen (secondary N) is 1. The second-order valence-corrected chi connectivity index (χ2v) is 5.76. The molecule has 1 heterocycles. The van der Waals surface area contributed by atoms with Gasteiger partial charge in [0, 0.05) is 13.5 Å². The number of para-hydroxylation sites is 2. The van der Waals surface area contributed by atoms with Gasteiger partial charge in [-0.25, -0.2) is 4.98 Å². The number of amides is 1. The summed E-state index contributed by atoms with van der Waals surface area (Å²) in [6.07, 6.45) is 4.69. The standard InChI is InChI=1S/C17H26N4O.2ClH/c1-13(19-16(22)11-5-3-4-8-12-18)17-20-14-9-6-7-10-15(14)21(17)2;;/h6-7,9-10,13H,3-5,8,11-12,18H2,1-2H3,(H,19,22);2*1H. The van der Waals surface area contributed by atoms with E-state index in [0.29, 0.717) is 6.42 Å². The van der Waals surface area contributed by atoms with E-state index in [2.05, 4.69) is 10.3 Å². The lowest BCUT2D eigenvalue weighted by Crippen LogP contribution is -2.28. The molecule has 7 heteroatoms. The highest BCUT2D eigenvalue weighted by atomic mass is 35.5. The molecule has 0 aliphatic heterocycles. The van der Waals surface area contributed by atoms with E-state index in [-0.39, 0.29) is 36.8 Å². The van der Waals surface area contributed by atoms with Crippen LogP contribution in [-0.4, -0.2) is 22.0 Å². The van der Waals surface area contributed by atoms with Gasteiger partial charge < -0.3 is 15.6 Å². The van der Waals surface area contributed by atoms with E-state index in [1.807, 2.05) is 42.8 Å². The van der Waals surface area contributed by atoms with Gasteiger partial charge >= 0.3 is 0 Å². The lowest BCUT2D eigenvalue weighted by Gasteiger charge is -2.14. The molecular weight excluding hydrogens is 347 g/mol. The fourth-order valence-corrected chi connectivity index (χ4v) is 2.71. The molecule has 0 fully saturated rings. The second-order valence-electron chi connectivity index (χ2n) is 5.76. The molecule has 0 spiro atoms. The molecule has 1 amide bonds. The molecule has 0 bridgehead atoms. The van der Waals surface area contributed by atoms with Gasteiger partial charge in [-0.15, -0.1) is 24.8 Å². The van der Waals surface area contributed by atoms with E-state index in [1.54, 1.807) is 0 Å². The fourth-order valence-electron chi connectivity index (χ4n) is 2.71. The maximum absolute atomic E-state index is 12.0. The third kappa shape index (κ3) is 5.96. The van der Waals surface area contributed by atoms with E-state index < -0.39 is 0 Å². The molecule has 0 aliphatic carbocycles. The molecule has 2 rings (SSSR count). The number of carbonyl (C=O) groups is 1. The summed E-state index contributed by atoms with van der Waals surface area (Å²) in [6.45, 7) is 2.71. The summed E-state index contributed by atoms with van der Waals surface area (Å²) in [4.78, 5) is 16.6. The largest absolute Gasteiger partial charge is 0.346 e. The van der Waals surface area contributed by atoms with Crippen molar-refractivity contribution < 1.29 is 4.79 Å². The average molecular weight is 375 g/mol. The molecule has 24 heavy (non-hydrogen) atoms. The number of fused-ring (bicyclic) bond motifs is 1. The zero-order valence-electron chi connectivity index (χ0n) is 14.3. The van der Waals surface area contributed by atoms with E-state index in [1.165, 1.54) is 0 Å². The zero-order valence-corrected chi connectivity index (χ0v) is 16.0. The Bertz CT molecular complexity index is 630. The number of benzene rings is 1. The number of imidazole rings is 1. The summed E-state index contributed by atoms with van der Waals surface area (Å²) in [5, 5.41) is 3.04. The third-order valence-corrected chi connectivity index (χ3v) is 3.94. The number of hydrogen-bond donors (Lipinski definition) is 2. The second kappa shape index (κ2) is 11.3. The predicted molar refractivity (Wildman–Crippen MR) is 104 cm³/mol. The van der Waals surface area contributed by atoms with Gasteiger partial charge in [-0.1, -0.05) is 25.0 Å². The van der Waals surface area contributed by atoms with E-state index >= 15 is 0 Å². The number of hydrogen-bond acceptors (Lipinski definition) is 3. The number of rotatable bonds is 8. The highest BCUT2D eigenvalue weighted by molar-refractivity contribution is 5.85. The Labute approximate surface area is 156 Å². The first-order chi connectivity index (χ1) is 10.6. The van der Waals surface area contributed by atoms with Gasteiger partial charge in [0.25, 0.3) is 0 Å². The van der Waals surface area contributed by atoms with Crippen molar-refractivity contribution in [1.82, 2.24) is 14.9 Å². The molecule has 1 atom stereocenters. The highest BCUT2D eigenvalue weighted by Gasteiger charge is 2.16. The van der Waals surface area contributed by atoms with Gasteiger partial charge in [0.05, 0.1) is 17.1 Å². The van der Waals surface area contributed by atoms with Crippen LogP contribution in [0, 0.1) is 0 Å². The minimum absolute atomic E-state index is 0. The summed E-state index contributed by atoms with van der Waals surface area (Å²) in [5.41, 5.74) is 7.50. The van der Waals surface area contributed by atoms with E-state index in [9.17, 15) is 4.79 Å². The molecule has 0 saturated heterocycles. The fraction of sp³-hybridized carbons (Fsp3) is 0.529. The minimum atomic E-state index is -0.0889. The number of unbranched alkanes of at least 4 members (excludes halogenated alkanes) is 3. The van der Waals surface area contributed by atoms with Gasteiger partial charge in [0.15, 0.2) is 0 Å². The van der Waals surface area contributed by atoms with E-state index in [4.69, 9.17) is 5.73 Å². The smallest absolute Gasteiger partial charge is 0.220 e. The van der Waals surface area contributed by atoms with Crippen molar-refractivity contribution >= 4 is 41.8 Å². The van der Waals surface area contributed by atoms with Crippen molar-refractivity contribution in [2.45, 2.75) is 45.1 Å². The molecule has 3 N–H and O–H groups in total. The molecule has 1 unspecified atom stereocenters. The number of aromatic nitrogens is 2. The summed E-state index contributed by atoms with van der Waals surface area (Å²) >= 11 is 0. The minimum Gasteiger partial charge on any atom is -0.346 e. The van der Waals surface area contributed by atoms with Crippen LogP contribution in [0.5, 0.6) is 0 Å². The van der Waals surface area contributed by atoms with Gasteiger partial charge in [0.1, 0.15) is 5.82 Å². The first-order valence-electron chi connectivity index (χ1n) is 8.04. The van der Waals surface area contributed by atoms with Crippen LogP contribution in [0.2, 0.25) is 0 Å². The third-order valence-electron chi connectivity index (χ3n) is 3.94. The van der Waals surface area contributed by atoms with Crippen LogP contribution in [0.1, 0.15) is 50.9 Å². The maximum Gasteiger partial charge on any atom is 0.220 e. The van der Waals surface area contributed by atoms with Crippen molar-refractivity contribution in [1.29, 1.82) is 0 Å². The number of nitrogens with two attached hydrogens (primary N) is 1. The SMILES string of the molecule is CC(NC(=O)CCCCCCN)c1nc2ccccc2n1C.Cl.Cl. The zero-order chi connectivity index (χ0) is 15.9. The molecule has 1 aromatic carbocycles. The Morgan fingerprint density at radius 2 is 1.88 bits per heavy atom. The van der Waals surface area contributed by atoms with Crippen LogP contribution >= 0.6 is 24.8 Å². The Hall–Kier alpha value is -1.30. The Morgan fingerprint density at radius 3 is 2.54 bits per heavy atom. The van der Waals surface area contributed by atoms with Crippen LogP contribution in [0.3, 0.4) is 0 Å². The van der Waals surface area contributed by atoms with Gasteiger partial charge in [-0.3, -0.25) is 4.79 Å². The lowest BCUT2D eigenvalue weighted by molar-refractivity contribution is -0.121. The van der Waals surface area contributed by atoms with Crippen molar-refractivity contribution in [2.75, 3.05) is 6.54 Å². The molecule has 0 aliphatic rings. The normalized spacial score (nSPS) is 11.5. The first kappa shape index (κ1) is 22.7. The quantitative estimate of drug-likeness (QED) is 0.694. The van der Waals surface area contributed by atoms with Gasteiger partial charge in [-0.2, -0.15) is 0 Å². The van der Waals surface area contributed by atoms with Crippen molar-refractivity contribution in [2.24, 2.45) is 12.8 Å². The molecule has 2 aromatic rings. The Balaban J connectivity index is 0.00000264. The first-order valence-corrected chi connectivity index (χ1v) is 8.04. The highest BCUT2D eigenvalue weighted by Crippen LogP contribution is 2.19. The van der Waals surface area contributed by atoms with Crippen molar-refractivity contribution in [3.05, 3.63) is 30.1 Å². The molecule has 136 valence electrons.